The van der Waals surface area contributed by atoms with Gasteiger partial charge in [-0.15, -0.1) is 0 Å². The van der Waals surface area contributed by atoms with Gasteiger partial charge in [0.25, 0.3) is 0 Å². The van der Waals surface area contributed by atoms with E-state index < -0.39 is 11.7 Å². The van der Waals surface area contributed by atoms with E-state index in [0.717, 1.165) is 37.8 Å². The van der Waals surface area contributed by atoms with E-state index in [1.807, 2.05) is 0 Å². The monoisotopic (exact) mass is 339 g/mol. The Morgan fingerprint density at radius 2 is 2.00 bits per heavy atom. The highest BCUT2D eigenvalue weighted by Gasteiger charge is 2.55. The molecule has 0 unspecified atom stereocenters. The molecule has 0 radical (unpaired) electrons. The number of ether oxygens (including phenoxy) is 1. The van der Waals surface area contributed by atoms with Crippen LogP contribution < -0.4 is 4.74 Å². The third-order valence-corrected chi connectivity index (χ3v) is 5.19. The van der Waals surface area contributed by atoms with Crippen LogP contribution in [0.2, 0.25) is 0 Å². The topological polar surface area (TPSA) is 29.5 Å². The molecule has 2 aliphatic rings. The number of rotatable bonds is 4. The Hall–Kier alpha value is -1.98. The number of amides is 1. The van der Waals surface area contributed by atoms with Gasteiger partial charge >= 0.3 is 6.18 Å². The minimum atomic E-state index is -4.36. The number of halogens is 3. The zero-order chi connectivity index (χ0) is 17.5. The van der Waals surface area contributed by atoms with E-state index in [9.17, 15) is 18.0 Å². The third kappa shape index (κ3) is 3.14. The molecule has 130 valence electrons. The molecule has 0 aliphatic heterocycles. The molecular formula is C18H20F3NO2. The molecule has 6 heteroatoms. The molecule has 2 fully saturated rings. The van der Waals surface area contributed by atoms with Crippen molar-refractivity contribution in [2.75, 3.05) is 7.05 Å². The van der Waals surface area contributed by atoms with E-state index in [-0.39, 0.29) is 29.2 Å². The lowest BCUT2D eigenvalue weighted by Gasteiger charge is -2.58. The number of hydrogen-bond donors (Lipinski definition) is 0. The van der Waals surface area contributed by atoms with Gasteiger partial charge < -0.3 is 9.64 Å². The van der Waals surface area contributed by atoms with Crippen LogP contribution in [0.5, 0.6) is 5.75 Å². The number of likely N-dealkylation sites (N-methyl/N-ethyl adjacent to an activating group) is 1. The predicted octanol–water partition coefficient (Wildman–Crippen LogP) is 4.04. The Bertz CT molecular complexity index is 642. The Kier molecular flexibility index (Phi) is 4.10. The van der Waals surface area contributed by atoms with Crippen molar-refractivity contribution < 1.29 is 22.7 Å². The number of nitrogens with zero attached hydrogens (tertiary/aromatic N) is 1. The summed E-state index contributed by atoms with van der Waals surface area (Å²) >= 11 is 0. The zero-order valence-electron chi connectivity index (χ0n) is 13.5. The van der Waals surface area contributed by atoms with Gasteiger partial charge in [-0.1, -0.05) is 12.6 Å². The van der Waals surface area contributed by atoms with Crippen LogP contribution >= 0.6 is 0 Å². The van der Waals surface area contributed by atoms with Crippen molar-refractivity contribution in [2.24, 2.45) is 5.41 Å². The maximum Gasteiger partial charge on any atom is 0.416 e. The van der Waals surface area contributed by atoms with E-state index in [2.05, 4.69) is 6.58 Å². The van der Waals surface area contributed by atoms with Crippen LogP contribution in [0.15, 0.2) is 36.9 Å². The molecule has 24 heavy (non-hydrogen) atoms. The molecule has 0 heterocycles. The molecule has 0 atom stereocenters. The number of hydrogen-bond acceptors (Lipinski definition) is 2. The Balaban J connectivity index is 1.50. The second-order valence-corrected chi connectivity index (χ2v) is 6.89. The molecule has 2 aliphatic carbocycles. The summed E-state index contributed by atoms with van der Waals surface area (Å²) in [5.41, 5.74) is -0.505. The lowest BCUT2D eigenvalue weighted by atomic mass is 9.52. The molecule has 0 aromatic heterocycles. The Labute approximate surface area is 139 Å². The molecule has 3 rings (SSSR count). The maximum absolute atomic E-state index is 12.7. The van der Waals surface area contributed by atoms with Crippen LogP contribution in [0.4, 0.5) is 13.2 Å². The number of benzene rings is 1. The Morgan fingerprint density at radius 1 is 1.33 bits per heavy atom. The zero-order valence-corrected chi connectivity index (χ0v) is 13.5. The van der Waals surface area contributed by atoms with Gasteiger partial charge in [0.05, 0.1) is 11.7 Å². The average molecular weight is 339 g/mol. The van der Waals surface area contributed by atoms with Gasteiger partial charge in [-0.3, -0.25) is 4.79 Å². The van der Waals surface area contributed by atoms with Gasteiger partial charge in [0.15, 0.2) is 0 Å². The lowest BCUT2D eigenvalue weighted by molar-refractivity contribution is -0.142. The largest absolute Gasteiger partial charge is 0.490 e. The molecule has 1 amide bonds. The average Bonchev–Trinajstić information content (AvgIpc) is 2.46. The van der Waals surface area contributed by atoms with Crippen LogP contribution in [-0.2, 0) is 11.0 Å². The molecule has 0 saturated heterocycles. The van der Waals surface area contributed by atoms with E-state index in [0.29, 0.717) is 0 Å². The first-order valence-electron chi connectivity index (χ1n) is 7.96. The van der Waals surface area contributed by atoms with E-state index in [1.54, 1.807) is 18.0 Å². The van der Waals surface area contributed by atoms with Gasteiger partial charge in [0.1, 0.15) is 5.75 Å². The highest BCUT2D eigenvalue weighted by atomic mass is 19.4. The van der Waals surface area contributed by atoms with Gasteiger partial charge in [0, 0.05) is 13.1 Å². The van der Waals surface area contributed by atoms with Crippen molar-refractivity contribution >= 4 is 5.91 Å². The number of carbonyl (C=O) groups is 1. The molecule has 0 N–H and O–H groups in total. The molecular weight excluding hydrogens is 319 g/mol. The predicted molar refractivity (Wildman–Crippen MR) is 83.5 cm³/mol. The third-order valence-electron chi connectivity index (χ3n) is 5.19. The van der Waals surface area contributed by atoms with Crippen LogP contribution in [0.25, 0.3) is 0 Å². The van der Waals surface area contributed by atoms with Crippen molar-refractivity contribution in [2.45, 2.75) is 44.0 Å². The van der Waals surface area contributed by atoms with Crippen molar-refractivity contribution in [3.05, 3.63) is 42.5 Å². The first-order valence-corrected chi connectivity index (χ1v) is 7.96. The quantitative estimate of drug-likeness (QED) is 0.775. The first-order chi connectivity index (χ1) is 11.2. The Morgan fingerprint density at radius 3 is 2.58 bits per heavy atom. The van der Waals surface area contributed by atoms with Gasteiger partial charge in [-0.25, -0.2) is 0 Å². The highest BCUT2D eigenvalue weighted by molar-refractivity contribution is 5.87. The number of alkyl halides is 3. The summed E-state index contributed by atoms with van der Waals surface area (Å²) in [6.45, 7) is 3.48. The first kappa shape index (κ1) is 16.9. The summed E-state index contributed by atoms with van der Waals surface area (Å²) in [5, 5.41) is 0. The fourth-order valence-electron chi connectivity index (χ4n) is 3.80. The summed E-state index contributed by atoms with van der Waals surface area (Å²) in [5.74, 6) is 0.186. The van der Waals surface area contributed by atoms with Crippen LogP contribution in [0, 0.1) is 5.41 Å². The summed E-state index contributed by atoms with van der Waals surface area (Å²) in [7, 11) is 1.77. The van der Waals surface area contributed by atoms with Crippen molar-refractivity contribution in [3.8, 4) is 5.75 Å². The highest BCUT2D eigenvalue weighted by Crippen LogP contribution is 2.58. The van der Waals surface area contributed by atoms with Crippen LogP contribution in [-0.4, -0.2) is 30.0 Å². The van der Waals surface area contributed by atoms with E-state index in [1.165, 1.54) is 12.1 Å². The smallest absolute Gasteiger partial charge is 0.416 e. The van der Waals surface area contributed by atoms with Crippen molar-refractivity contribution in [1.29, 1.82) is 0 Å². The van der Waals surface area contributed by atoms with E-state index in [4.69, 9.17) is 4.74 Å². The van der Waals surface area contributed by atoms with Crippen molar-refractivity contribution in [1.82, 2.24) is 4.90 Å². The second kappa shape index (κ2) is 5.83. The molecule has 2 saturated carbocycles. The van der Waals surface area contributed by atoms with Crippen LogP contribution in [0.3, 0.4) is 0 Å². The van der Waals surface area contributed by atoms with Crippen LogP contribution in [0.1, 0.15) is 31.2 Å². The maximum atomic E-state index is 12.7. The molecule has 0 bridgehead atoms. The normalized spacial score (nSPS) is 28.7. The fourth-order valence-corrected chi connectivity index (χ4v) is 3.80. The summed E-state index contributed by atoms with van der Waals surface area (Å²) in [4.78, 5) is 13.3. The molecule has 1 spiro atoms. The van der Waals surface area contributed by atoms with Crippen molar-refractivity contribution in [3.63, 3.8) is 0 Å². The summed E-state index contributed by atoms with van der Waals surface area (Å²) < 4.78 is 43.8. The summed E-state index contributed by atoms with van der Waals surface area (Å²) in [6, 6.07) is 5.23. The number of carbonyl (C=O) groups excluding carboxylic acids is 1. The molecule has 1 aromatic rings. The standard InChI is InChI=1S/C18H20F3NO2/c1-3-16(23)22(2)13-8-17(9-13)10-15(11-17)24-14-6-4-5-12(7-14)18(19,20)21/h3-7,13,15H,1,8-11H2,2H3. The SMILES string of the molecule is C=CC(=O)N(C)C1CC2(CC(Oc3cccc(C(F)(F)F)c3)C2)C1. The second-order valence-electron chi connectivity index (χ2n) is 6.89. The summed E-state index contributed by atoms with van der Waals surface area (Å²) in [6.07, 6.45) is 0.410. The van der Waals surface area contributed by atoms with Gasteiger partial charge in [0.2, 0.25) is 5.91 Å². The van der Waals surface area contributed by atoms with Gasteiger partial charge in [-0.05, 0) is 55.4 Å². The lowest BCUT2D eigenvalue weighted by Crippen LogP contribution is -2.58. The molecule has 1 aromatic carbocycles. The minimum Gasteiger partial charge on any atom is -0.490 e. The molecule has 3 nitrogen and oxygen atoms in total. The fraction of sp³-hybridized carbons (Fsp3) is 0.500. The van der Waals surface area contributed by atoms with Gasteiger partial charge in [-0.2, -0.15) is 13.2 Å². The van der Waals surface area contributed by atoms with E-state index >= 15 is 0 Å². The minimum absolute atomic E-state index is 0.0464.